The van der Waals surface area contributed by atoms with Crippen molar-refractivity contribution in [2.75, 3.05) is 67.5 Å². The fraction of sp³-hybridized carbons (Fsp3) is 1.00. The lowest BCUT2D eigenvalue weighted by molar-refractivity contribution is 0.0101. The Balaban J connectivity index is 6.16. The average molecular weight is 1160 g/mol. The van der Waals surface area contributed by atoms with Crippen LogP contribution < -0.4 is 5.32 Å². The molecule has 0 fully saturated rings. The van der Waals surface area contributed by atoms with Gasteiger partial charge in [-0.05, 0) is 112 Å². The zero-order chi connectivity index (χ0) is 59.6. The molecule has 0 aromatic heterocycles. The van der Waals surface area contributed by atoms with Crippen molar-refractivity contribution in [1.29, 1.82) is 0 Å². The van der Waals surface area contributed by atoms with Gasteiger partial charge in [0.2, 0.25) is 0 Å². The Morgan fingerprint density at radius 2 is 0.488 bits per heavy atom. The van der Waals surface area contributed by atoms with Gasteiger partial charge in [-0.15, -0.1) is 0 Å². The van der Waals surface area contributed by atoms with E-state index in [-0.39, 0.29) is 0 Å². The predicted octanol–water partition coefficient (Wildman–Crippen LogP) is 25.6. The normalized spacial score (nSPS) is 12.6. The highest BCUT2D eigenvalue weighted by Gasteiger charge is 2.41. The van der Waals surface area contributed by atoms with Gasteiger partial charge in [0.25, 0.3) is 0 Å². The van der Waals surface area contributed by atoms with Crippen LogP contribution in [0.3, 0.4) is 0 Å². The lowest BCUT2D eigenvalue weighted by Crippen LogP contribution is -2.55. The molecule has 0 saturated carbocycles. The van der Waals surface area contributed by atoms with Gasteiger partial charge in [-0.3, -0.25) is 0 Å². The molecular weight excluding hydrogens is 993 g/mol. The van der Waals surface area contributed by atoms with E-state index in [0.717, 1.165) is 12.5 Å². The Hall–Kier alpha value is -0.160. The standard InChI is InChI=1S/C78H162N4/c1-9-13-17-21-25-29-33-37-41-45-49-53-57-61-68-77(76-81(7)73-66-65-72-80(6)74-67-71-79-5)78(69-62-58-54-50-46-42-38-34-30-26-22-18-14-10-2,70-63-59-55-51-47-43-39-35-31-27-23-19-15-11-3)82(8)75-64-60-56-52-48-44-40-36-32-28-24-20-16-12-4/h77,79H,9-76H2,1-8H3. The summed E-state index contributed by atoms with van der Waals surface area (Å²) in [4.78, 5) is 8.52. The summed E-state index contributed by atoms with van der Waals surface area (Å²) in [5.41, 5.74) is 0.323. The van der Waals surface area contributed by atoms with Crippen molar-refractivity contribution in [3.05, 3.63) is 0 Å². The lowest BCUT2D eigenvalue weighted by Gasteiger charge is -2.50. The Morgan fingerprint density at radius 3 is 0.780 bits per heavy atom. The largest absolute Gasteiger partial charge is 0.320 e. The molecule has 1 N–H and O–H groups in total. The molecule has 0 spiro atoms. The van der Waals surface area contributed by atoms with Gasteiger partial charge in [0.05, 0.1) is 0 Å². The summed E-state index contributed by atoms with van der Waals surface area (Å²) in [6.45, 7) is 16.8. The molecular formula is C78H162N4. The molecule has 0 aromatic rings. The Morgan fingerprint density at radius 1 is 0.256 bits per heavy atom. The molecule has 4 nitrogen and oxygen atoms in total. The van der Waals surface area contributed by atoms with Gasteiger partial charge in [0, 0.05) is 12.1 Å². The number of rotatable bonds is 73. The minimum absolute atomic E-state index is 0.323. The summed E-state index contributed by atoms with van der Waals surface area (Å²) in [5.74, 6) is 0.764. The molecule has 0 aromatic carbocycles. The van der Waals surface area contributed by atoms with E-state index in [1.54, 1.807) is 0 Å². The van der Waals surface area contributed by atoms with Crippen molar-refractivity contribution in [3.63, 3.8) is 0 Å². The lowest BCUT2D eigenvalue weighted by atomic mass is 9.71. The zero-order valence-electron chi connectivity index (χ0n) is 59.0. The van der Waals surface area contributed by atoms with Crippen molar-refractivity contribution >= 4 is 0 Å². The van der Waals surface area contributed by atoms with Gasteiger partial charge >= 0.3 is 0 Å². The maximum Gasteiger partial charge on any atom is 0.0246 e. The third-order valence-corrected chi connectivity index (χ3v) is 20.0. The summed E-state index contributed by atoms with van der Waals surface area (Å²) in [7, 11) is 9.64. The fourth-order valence-corrected chi connectivity index (χ4v) is 14.2. The Kier molecular flexibility index (Phi) is 68.2. The molecule has 0 aliphatic carbocycles. The van der Waals surface area contributed by atoms with E-state index in [4.69, 9.17) is 0 Å². The van der Waals surface area contributed by atoms with Gasteiger partial charge in [-0.1, -0.05) is 381 Å². The molecule has 0 bridgehead atoms. The van der Waals surface area contributed by atoms with Crippen LogP contribution in [0.15, 0.2) is 0 Å². The molecule has 1 unspecified atom stereocenters. The Bertz CT molecular complexity index is 1110. The molecule has 1 atom stereocenters. The summed E-state index contributed by atoms with van der Waals surface area (Å²) >= 11 is 0. The van der Waals surface area contributed by atoms with Crippen molar-refractivity contribution in [2.24, 2.45) is 5.92 Å². The maximum absolute atomic E-state index is 3.36. The second kappa shape index (κ2) is 68.3. The third-order valence-electron chi connectivity index (χ3n) is 20.0. The first-order valence-electron chi connectivity index (χ1n) is 39.1. The fourth-order valence-electron chi connectivity index (χ4n) is 14.2. The second-order valence-corrected chi connectivity index (χ2v) is 28.1. The molecule has 0 amide bonds. The third kappa shape index (κ3) is 56.4. The minimum atomic E-state index is 0.323. The molecule has 0 radical (unpaired) electrons. The van der Waals surface area contributed by atoms with Crippen LogP contribution in [0.4, 0.5) is 0 Å². The van der Waals surface area contributed by atoms with Crippen molar-refractivity contribution < 1.29 is 0 Å². The molecule has 0 heterocycles. The molecule has 82 heavy (non-hydrogen) atoms. The van der Waals surface area contributed by atoms with Gasteiger partial charge < -0.3 is 20.0 Å². The maximum atomic E-state index is 3.36. The van der Waals surface area contributed by atoms with Crippen LogP contribution in [0.5, 0.6) is 0 Å². The van der Waals surface area contributed by atoms with Gasteiger partial charge in [0.1, 0.15) is 0 Å². The average Bonchev–Trinajstić information content (AvgIpc) is 3.57. The molecule has 0 aliphatic rings. The molecule has 4 heteroatoms. The van der Waals surface area contributed by atoms with E-state index in [2.05, 4.69) is 75.9 Å². The first kappa shape index (κ1) is 81.8. The van der Waals surface area contributed by atoms with Crippen LogP contribution in [-0.2, 0) is 0 Å². The van der Waals surface area contributed by atoms with Crippen LogP contribution in [0, 0.1) is 5.92 Å². The van der Waals surface area contributed by atoms with Crippen molar-refractivity contribution in [2.45, 2.75) is 431 Å². The summed E-state index contributed by atoms with van der Waals surface area (Å²) in [6, 6.07) is 0. The first-order valence-corrected chi connectivity index (χ1v) is 39.1. The quantitative estimate of drug-likeness (QED) is 0.0613. The number of nitrogens with one attached hydrogen (secondary N) is 1. The summed E-state index contributed by atoms with van der Waals surface area (Å²) in [5, 5.41) is 3.36. The van der Waals surface area contributed by atoms with E-state index in [9.17, 15) is 0 Å². The van der Waals surface area contributed by atoms with Gasteiger partial charge in [0.15, 0.2) is 0 Å². The van der Waals surface area contributed by atoms with Crippen LogP contribution in [0.25, 0.3) is 0 Å². The SMILES string of the molecule is CCCCCCCCCCCCCCCCC(CN(C)CCCCN(C)CCCNC)C(CCCCCCCCCCCCCCCC)(CCCCCCCCCCCCCCCC)N(C)CCCCCCCCCCCCCCCC. The highest BCUT2D eigenvalue weighted by molar-refractivity contribution is 4.97. The first-order chi connectivity index (χ1) is 40.4. The van der Waals surface area contributed by atoms with Gasteiger partial charge in [-0.2, -0.15) is 0 Å². The van der Waals surface area contributed by atoms with E-state index < -0.39 is 0 Å². The van der Waals surface area contributed by atoms with E-state index >= 15 is 0 Å². The summed E-state index contributed by atoms with van der Waals surface area (Å²) in [6.07, 6.45) is 89.7. The summed E-state index contributed by atoms with van der Waals surface area (Å²) < 4.78 is 0. The number of hydrogen-bond acceptors (Lipinski definition) is 4. The molecule has 0 aliphatic heterocycles. The van der Waals surface area contributed by atoms with E-state index in [0.29, 0.717) is 5.54 Å². The van der Waals surface area contributed by atoms with Gasteiger partial charge in [-0.25, -0.2) is 0 Å². The minimum Gasteiger partial charge on any atom is -0.320 e. The highest BCUT2D eigenvalue weighted by Crippen LogP contribution is 2.40. The predicted molar refractivity (Wildman–Crippen MR) is 377 cm³/mol. The number of nitrogens with zero attached hydrogens (tertiary/aromatic N) is 3. The van der Waals surface area contributed by atoms with Crippen LogP contribution in [-0.4, -0.2) is 87.7 Å². The number of hydrogen-bond donors (Lipinski definition) is 1. The monoisotopic (exact) mass is 1160 g/mol. The smallest absolute Gasteiger partial charge is 0.0246 e. The van der Waals surface area contributed by atoms with Crippen LogP contribution in [0.1, 0.15) is 426 Å². The number of unbranched alkanes of at least 4 members (excludes halogenated alkanes) is 53. The van der Waals surface area contributed by atoms with Crippen LogP contribution in [0.2, 0.25) is 0 Å². The molecule has 494 valence electrons. The second-order valence-electron chi connectivity index (χ2n) is 28.1. The highest BCUT2D eigenvalue weighted by atomic mass is 15.2. The Labute approximate surface area is 522 Å². The zero-order valence-corrected chi connectivity index (χ0v) is 59.0. The van der Waals surface area contributed by atoms with E-state index in [1.165, 1.54) is 431 Å². The van der Waals surface area contributed by atoms with E-state index in [1.807, 2.05) is 0 Å². The molecule has 0 saturated heterocycles. The van der Waals surface area contributed by atoms with Crippen molar-refractivity contribution in [3.8, 4) is 0 Å². The topological polar surface area (TPSA) is 21.8 Å². The molecule has 0 rings (SSSR count). The van der Waals surface area contributed by atoms with Crippen LogP contribution >= 0.6 is 0 Å². The van der Waals surface area contributed by atoms with Crippen molar-refractivity contribution in [1.82, 2.24) is 20.0 Å².